The molecule has 0 aromatic carbocycles. The summed E-state index contributed by atoms with van der Waals surface area (Å²) in [5.41, 5.74) is 0.782. The standard InChI is InChI=1S/C13H18F3NOS/c1-8-17-11(7-19-8)6-12(18)9-3-2-4-10(5-9)13(14,15)16/h7,9-10,12,18H,2-6H2,1H3. The molecule has 0 spiro atoms. The summed E-state index contributed by atoms with van der Waals surface area (Å²) in [6, 6.07) is 0. The molecule has 0 radical (unpaired) electrons. The van der Waals surface area contributed by atoms with Gasteiger partial charge in [0, 0.05) is 11.8 Å². The lowest BCUT2D eigenvalue weighted by Gasteiger charge is -2.33. The van der Waals surface area contributed by atoms with Crippen molar-refractivity contribution in [3.63, 3.8) is 0 Å². The Kier molecular flexibility index (Phi) is 4.50. The number of aryl methyl sites for hydroxylation is 1. The fourth-order valence-corrected chi connectivity index (χ4v) is 3.38. The molecule has 1 aliphatic rings. The first-order valence-electron chi connectivity index (χ1n) is 6.52. The molecule has 108 valence electrons. The summed E-state index contributed by atoms with van der Waals surface area (Å²) in [6.07, 6.45) is -3.02. The summed E-state index contributed by atoms with van der Waals surface area (Å²) < 4.78 is 38.1. The SMILES string of the molecule is Cc1nc(CC(O)C2CCCC(C(F)(F)F)C2)cs1. The van der Waals surface area contributed by atoms with Crippen molar-refractivity contribution in [2.24, 2.45) is 11.8 Å². The van der Waals surface area contributed by atoms with Crippen LogP contribution in [0.1, 0.15) is 36.4 Å². The monoisotopic (exact) mass is 293 g/mol. The van der Waals surface area contributed by atoms with Gasteiger partial charge in [0.1, 0.15) is 0 Å². The van der Waals surface area contributed by atoms with Crippen LogP contribution in [0.3, 0.4) is 0 Å². The zero-order valence-electron chi connectivity index (χ0n) is 10.8. The zero-order chi connectivity index (χ0) is 14.0. The number of aliphatic hydroxyl groups excluding tert-OH is 1. The topological polar surface area (TPSA) is 33.1 Å². The second-order valence-electron chi connectivity index (χ2n) is 5.29. The molecule has 1 heterocycles. The highest BCUT2D eigenvalue weighted by Gasteiger charge is 2.43. The second-order valence-corrected chi connectivity index (χ2v) is 6.36. The van der Waals surface area contributed by atoms with E-state index in [0.717, 1.165) is 10.7 Å². The number of nitrogens with zero attached hydrogens (tertiary/aromatic N) is 1. The summed E-state index contributed by atoms with van der Waals surface area (Å²) in [5.74, 6) is -1.51. The van der Waals surface area contributed by atoms with Crippen LogP contribution in [0.15, 0.2) is 5.38 Å². The van der Waals surface area contributed by atoms with E-state index in [2.05, 4.69) is 4.98 Å². The predicted octanol–water partition coefficient (Wildman–Crippen LogP) is 3.72. The van der Waals surface area contributed by atoms with Crippen LogP contribution in [0.2, 0.25) is 0 Å². The molecule has 6 heteroatoms. The molecule has 0 saturated heterocycles. The highest BCUT2D eigenvalue weighted by Crippen LogP contribution is 2.41. The highest BCUT2D eigenvalue weighted by molar-refractivity contribution is 7.09. The lowest BCUT2D eigenvalue weighted by Crippen LogP contribution is -2.34. The Balaban J connectivity index is 1.93. The van der Waals surface area contributed by atoms with Crippen molar-refractivity contribution in [3.05, 3.63) is 16.1 Å². The number of alkyl halides is 3. The Morgan fingerprint density at radius 2 is 2.21 bits per heavy atom. The van der Waals surface area contributed by atoms with Gasteiger partial charge in [0.15, 0.2) is 0 Å². The van der Waals surface area contributed by atoms with Crippen LogP contribution in [-0.2, 0) is 6.42 Å². The Hall–Kier alpha value is -0.620. The van der Waals surface area contributed by atoms with Crippen LogP contribution in [-0.4, -0.2) is 22.4 Å². The van der Waals surface area contributed by atoms with Gasteiger partial charge in [-0.25, -0.2) is 4.98 Å². The number of thiazole rings is 1. The molecule has 3 unspecified atom stereocenters. The molecule has 1 N–H and O–H groups in total. The van der Waals surface area contributed by atoms with Gasteiger partial charge in [-0.2, -0.15) is 13.2 Å². The number of hydrogen-bond acceptors (Lipinski definition) is 3. The van der Waals surface area contributed by atoms with E-state index < -0.39 is 18.2 Å². The van der Waals surface area contributed by atoms with E-state index in [0.29, 0.717) is 19.3 Å². The fraction of sp³-hybridized carbons (Fsp3) is 0.769. The number of aromatic nitrogens is 1. The minimum Gasteiger partial charge on any atom is -0.392 e. The van der Waals surface area contributed by atoms with Gasteiger partial charge in [-0.3, -0.25) is 0 Å². The molecule has 3 atom stereocenters. The molecule has 1 aromatic heterocycles. The smallest absolute Gasteiger partial charge is 0.391 e. The van der Waals surface area contributed by atoms with Crippen LogP contribution >= 0.6 is 11.3 Å². The molecule has 1 aliphatic carbocycles. The van der Waals surface area contributed by atoms with Crippen molar-refractivity contribution >= 4 is 11.3 Å². The first-order chi connectivity index (χ1) is 8.86. The largest absolute Gasteiger partial charge is 0.392 e. The fourth-order valence-electron chi connectivity index (χ4n) is 2.76. The zero-order valence-corrected chi connectivity index (χ0v) is 11.6. The predicted molar refractivity (Wildman–Crippen MR) is 68.1 cm³/mol. The van der Waals surface area contributed by atoms with Crippen LogP contribution in [0, 0.1) is 18.8 Å². The van der Waals surface area contributed by atoms with Crippen LogP contribution in [0.4, 0.5) is 13.2 Å². The van der Waals surface area contributed by atoms with Crippen molar-refractivity contribution in [3.8, 4) is 0 Å². The van der Waals surface area contributed by atoms with Gasteiger partial charge in [0.05, 0.1) is 22.7 Å². The molecular weight excluding hydrogens is 275 g/mol. The number of aliphatic hydroxyl groups is 1. The van der Waals surface area contributed by atoms with Crippen LogP contribution in [0.25, 0.3) is 0 Å². The normalized spacial score (nSPS) is 26.4. The van der Waals surface area contributed by atoms with Crippen molar-refractivity contribution in [1.82, 2.24) is 4.98 Å². The van der Waals surface area contributed by atoms with Gasteiger partial charge in [-0.1, -0.05) is 6.42 Å². The maximum absolute atomic E-state index is 12.7. The van der Waals surface area contributed by atoms with Crippen molar-refractivity contribution in [2.45, 2.75) is 51.3 Å². The lowest BCUT2D eigenvalue weighted by atomic mass is 9.77. The molecule has 0 bridgehead atoms. The van der Waals surface area contributed by atoms with Gasteiger partial charge in [-0.05, 0) is 32.1 Å². The molecule has 0 aliphatic heterocycles. The van der Waals surface area contributed by atoms with E-state index in [1.807, 2.05) is 12.3 Å². The summed E-state index contributed by atoms with van der Waals surface area (Å²) in [7, 11) is 0. The first-order valence-corrected chi connectivity index (χ1v) is 7.40. The quantitative estimate of drug-likeness (QED) is 0.921. The Bertz CT molecular complexity index is 418. The molecule has 2 nitrogen and oxygen atoms in total. The van der Waals surface area contributed by atoms with Gasteiger partial charge >= 0.3 is 6.18 Å². The van der Waals surface area contributed by atoms with E-state index >= 15 is 0 Å². The minimum atomic E-state index is -4.13. The molecule has 1 saturated carbocycles. The van der Waals surface area contributed by atoms with E-state index in [-0.39, 0.29) is 18.8 Å². The number of halogens is 3. The number of hydrogen-bond donors (Lipinski definition) is 1. The van der Waals surface area contributed by atoms with Crippen LogP contribution < -0.4 is 0 Å². The molecule has 1 fully saturated rings. The van der Waals surface area contributed by atoms with E-state index in [4.69, 9.17) is 0 Å². The highest BCUT2D eigenvalue weighted by atomic mass is 32.1. The molecule has 0 amide bonds. The molecule has 1 aromatic rings. The maximum Gasteiger partial charge on any atom is 0.391 e. The van der Waals surface area contributed by atoms with E-state index in [1.165, 1.54) is 11.3 Å². The third-order valence-corrected chi connectivity index (χ3v) is 4.63. The summed E-state index contributed by atoms with van der Waals surface area (Å²) >= 11 is 1.50. The third-order valence-electron chi connectivity index (χ3n) is 3.81. The first kappa shape index (κ1) is 14.8. The molecular formula is C13H18F3NOS. The third kappa shape index (κ3) is 3.92. The van der Waals surface area contributed by atoms with Gasteiger partial charge in [0.2, 0.25) is 0 Å². The molecule has 19 heavy (non-hydrogen) atoms. The van der Waals surface area contributed by atoms with Gasteiger partial charge in [0.25, 0.3) is 0 Å². The van der Waals surface area contributed by atoms with E-state index in [9.17, 15) is 18.3 Å². The maximum atomic E-state index is 12.7. The summed E-state index contributed by atoms with van der Waals surface area (Å²) in [6.45, 7) is 1.88. The van der Waals surface area contributed by atoms with Gasteiger partial charge < -0.3 is 5.11 Å². The molecule has 2 rings (SSSR count). The minimum absolute atomic E-state index is 0.0494. The second kappa shape index (κ2) is 5.79. The lowest BCUT2D eigenvalue weighted by molar-refractivity contribution is -0.188. The Morgan fingerprint density at radius 3 is 2.79 bits per heavy atom. The van der Waals surface area contributed by atoms with Crippen molar-refractivity contribution < 1.29 is 18.3 Å². The summed E-state index contributed by atoms with van der Waals surface area (Å²) in [5, 5.41) is 12.9. The number of rotatable bonds is 3. The van der Waals surface area contributed by atoms with Crippen molar-refractivity contribution in [2.75, 3.05) is 0 Å². The Labute approximate surface area is 114 Å². The van der Waals surface area contributed by atoms with Crippen LogP contribution in [0.5, 0.6) is 0 Å². The average Bonchev–Trinajstić information content (AvgIpc) is 2.74. The Morgan fingerprint density at radius 1 is 1.47 bits per heavy atom. The van der Waals surface area contributed by atoms with E-state index in [1.54, 1.807) is 0 Å². The van der Waals surface area contributed by atoms with Gasteiger partial charge in [-0.15, -0.1) is 11.3 Å². The van der Waals surface area contributed by atoms with Crippen molar-refractivity contribution in [1.29, 1.82) is 0 Å². The average molecular weight is 293 g/mol. The summed E-state index contributed by atoms with van der Waals surface area (Å²) in [4.78, 5) is 4.25.